The summed E-state index contributed by atoms with van der Waals surface area (Å²) in [7, 11) is 0. The van der Waals surface area contributed by atoms with Gasteiger partial charge in [-0.1, -0.05) is 0 Å². The van der Waals surface area contributed by atoms with Gasteiger partial charge >= 0.3 is 24.3 Å². The third kappa shape index (κ3) is 2.92. The molecular formula is C5F9O3-. The molecule has 0 aromatic carbocycles. The summed E-state index contributed by atoms with van der Waals surface area (Å²) in [5.41, 5.74) is 0. The van der Waals surface area contributed by atoms with Crippen LogP contribution in [0.25, 0.3) is 0 Å². The first-order valence-corrected chi connectivity index (χ1v) is 3.27. The van der Waals surface area contributed by atoms with Crippen LogP contribution in [0.4, 0.5) is 39.5 Å². The summed E-state index contributed by atoms with van der Waals surface area (Å²) in [6, 6.07) is 0. The topological polar surface area (TPSA) is 49.4 Å². The van der Waals surface area contributed by atoms with Crippen LogP contribution >= 0.6 is 0 Å². The third-order valence-electron chi connectivity index (χ3n) is 1.21. The van der Waals surface area contributed by atoms with Gasteiger partial charge in [0.2, 0.25) is 0 Å². The van der Waals surface area contributed by atoms with Gasteiger partial charge in [0.15, 0.2) is 0 Å². The average molecular weight is 279 g/mol. The van der Waals surface area contributed by atoms with Crippen LogP contribution in [0.15, 0.2) is 0 Å². The quantitative estimate of drug-likeness (QED) is 0.725. The molecule has 3 nitrogen and oxygen atoms in total. The van der Waals surface area contributed by atoms with Crippen LogP contribution < -0.4 is 5.11 Å². The van der Waals surface area contributed by atoms with E-state index in [1.807, 2.05) is 0 Å². The Morgan fingerprint density at radius 1 is 0.824 bits per heavy atom. The zero-order valence-corrected chi connectivity index (χ0v) is 7.13. The number of aliphatic carboxylic acids is 1. The smallest absolute Gasteiger partial charge is 0.483 e. The molecule has 0 aromatic rings. The maximum Gasteiger partial charge on any atom is 0.483 e. The van der Waals surface area contributed by atoms with E-state index in [-0.39, 0.29) is 0 Å². The summed E-state index contributed by atoms with van der Waals surface area (Å²) in [6.07, 6.45) is -20.0. The molecule has 0 saturated carbocycles. The number of ether oxygens (including phenoxy) is 1. The van der Waals surface area contributed by atoms with Crippen LogP contribution in [0.5, 0.6) is 0 Å². The highest BCUT2D eigenvalue weighted by Crippen LogP contribution is 2.45. The highest BCUT2D eigenvalue weighted by atomic mass is 19.4. The lowest BCUT2D eigenvalue weighted by molar-refractivity contribution is -0.487. The van der Waals surface area contributed by atoms with Crippen molar-refractivity contribution in [2.75, 3.05) is 0 Å². The summed E-state index contributed by atoms with van der Waals surface area (Å²) in [5, 5.41) is 9.46. The first-order chi connectivity index (χ1) is 7.15. The SMILES string of the molecule is O=C([O-])C(F)(F)C(F)(F)OC(F)(F)C(F)(F)F. The van der Waals surface area contributed by atoms with Gasteiger partial charge < -0.3 is 9.90 Å². The second kappa shape index (κ2) is 3.92. The van der Waals surface area contributed by atoms with E-state index < -0.39 is 30.3 Å². The molecule has 0 fully saturated rings. The normalized spacial score (nSPS) is 14.9. The molecule has 0 rings (SSSR count). The Morgan fingerprint density at radius 2 is 1.18 bits per heavy atom. The number of rotatable bonds is 4. The highest BCUT2D eigenvalue weighted by molar-refractivity contribution is 5.74. The van der Waals surface area contributed by atoms with Crippen molar-refractivity contribution in [2.45, 2.75) is 24.3 Å². The molecular weight excluding hydrogens is 279 g/mol. The van der Waals surface area contributed by atoms with Crippen LogP contribution in [0, 0.1) is 0 Å². The molecule has 0 amide bonds. The van der Waals surface area contributed by atoms with Gasteiger partial charge in [0.1, 0.15) is 5.97 Å². The molecule has 0 heterocycles. The standard InChI is InChI=1S/C5HF9O3/c6-2(7,1(15)16)4(11,12)17-5(13,14)3(8,9)10/h(H,15,16)/p-1. The molecule has 0 spiro atoms. The number of alkyl halides is 9. The number of carbonyl (C=O) groups is 1. The minimum Gasteiger partial charge on any atom is -0.544 e. The Labute approximate surface area is 85.8 Å². The van der Waals surface area contributed by atoms with Crippen LogP contribution in [-0.2, 0) is 9.53 Å². The Kier molecular flexibility index (Phi) is 3.65. The molecule has 0 saturated heterocycles. The third-order valence-corrected chi connectivity index (χ3v) is 1.21. The first-order valence-electron chi connectivity index (χ1n) is 3.27. The fourth-order valence-electron chi connectivity index (χ4n) is 0.402. The number of carboxylic acid groups (broad SMARTS) is 1. The largest absolute Gasteiger partial charge is 0.544 e. The molecule has 0 atom stereocenters. The summed E-state index contributed by atoms with van der Waals surface area (Å²) >= 11 is 0. The van der Waals surface area contributed by atoms with Gasteiger partial charge in [-0.25, -0.2) is 4.74 Å². The van der Waals surface area contributed by atoms with E-state index >= 15 is 0 Å². The van der Waals surface area contributed by atoms with Gasteiger partial charge in [-0.2, -0.15) is 39.5 Å². The van der Waals surface area contributed by atoms with Crippen molar-refractivity contribution in [3.8, 4) is 0 Å². The predicted octanol–water partition coefficient (Wildman–Crippen LogP) is 1.14. The van der Waals surface area contributed by atoms with E-state index in [9.17, 15) is 49.4 Å². The minimum atomic E-state index is -6.72. The van der Waals surface area contributed by atoms with E-state index in [0.29, 0.717) is 0 Å². The van der Waals surface area contributed by atoms with E-state index in [4.69, 9.17) is 0 Å². The highest BCUT2D eigenvalue weighted by Gasteiger charge is 2.70. The molecule has 17 heavy (non-hydrogen) atoms. The maximum absolute atomic E-state index is 12.1. The van der Waals surface area contributed by atoms with Crippen LogP contribution in [0.3, 0.4) is 0 Å². The summed E-state index contributed by atoms with van der Waals surface area (Å²) in [5.74, 6) is -10.2. The van der Waals surface area contributed by atoms with Crippen molar-refractivity contribution in [1.82, 2.24) is 0 Å². The minimum absolute atomic E-state index is 1.55. The summed E-state index contributed by atoms with van der Waals surface area (Å²) in [4.78, 5) is 9.46. The number of halogens is 9. The van der Waals surface area contributed by atoms with Crippen molar-refractivity contribution < 1.29 is 54.2 Å². The van der Waals surface area contributed by atoms with E-state index in [1.54, 1.807) is 4.74 Å². The van der Waals surface area contributed by atoms with Gasteiger partial charge in [-0.05, 0) is 0 Å². The lowest BCUT2D eigenvalue weighted by Gasteiger charge is -2.30. The van der Waals surface area contributed by atoms with Gasteiger partial charge in [-0.15, -0.1) is 0 Å². The van der Waals surface area contributed by atoms with Gasteiger partial charge in [0, 0.05) is 0 Å². The van der Waals surface area contributed by atoms with Crippen molar-refractivity contribution in [1.29, 1.82) is 0 Å². The monoisotopic (exact) mass is 279 g/mol. The summed E-state index contributed by atoms with van der Waals surface area (Å²) < 4.78 is 107. The number of hydrogen-bond acceptors (Lipinski definition) is 3. The lowest BCUT2D eigenvalue weighted by atomic mass is 10.3. The van der Waals surface area contributed by atoms with Gasteiger partial charge in [0.05, 0.1) is 0 Å². The zero-order valence-electron chi connectivity index (χ0n) is 7.13. The maximum atomic E-state index is 12.1. The average Bonchev–Trinajstić information content (AvgIpc) is 1.98. The predicted molar refractivity (Wildman–Crippen MR) is 27.0 cm³/mol. The van der Waals surface area contributed by atoms with Crippen molar-refractivity contribution in [3.05, 3.63) is 0 Å². The van der Waals surface area contributed by atoms with Crippen LogP contribution in [-0.4, -0.2) is 30.3 Å². The lowest BCUT2D eigenvalue weighted by Crippen LogP contribution is -2.58. The first kappa shape index (κ1) is 15.8. The number of carboxylic acids is 1. The van der Waals surface area contributed by atoms with E-state index in [2.05, 4.69) is 0 Å². The van der Waals surface area contributed by atoms with Gasteiger partial charge in [-0.3, -0.25) is 0 Å². The Balaban J connectivity index is 5.20. The second-order valence-electron chi connectivity index (χ2n) is 2.50. The molecule has 0 aromatic heterocycles. The number of hydrogen-bond donors (Lipinski definition) is 0. The molecule has 102 valence electrons. The van der Waals surface area contributed by atoms with Crippen LogP contribution in [0.1, 0.15) is 0 Å². The Hall–Kier alpha value is -1.20. The fraction of sp³-hybridized carbons (Fsp3) is 0.800. The second-order valence-corrected chi connectivity index (χ2v) is 2.50. The van der Waals surface area contributed by atoms with Gasteiger partial charge in [0.25, 0.3) is 0 Å². The Bertz CT molecular complexity index is 306. The molecule has 0 bridgehead atoms. The molecule has 0 aliphatic heterocycles. The molecule has 0 aliphatic carbocycles. The van der Waals surface area contributed by atoms with E-state index in [0.717, 1.165) is 0 Å². The molecule has 12 heteroatoms. The molecule has 0 aliphatic rings. The molecule has 0 N–H and O–H groups in total. The zero-order chi connectivity index (χ0) is 14.3. The van der Waals surface area contributed by atoms with Crippen LogP contribution in [0.2, 0.25) is 0 Å². The summed E-state index contributed by atoms with van der Waals surface area (Å²) in [6.45, 7) is 0. The molecule has 0 unspecified atom stereocenters. The number of carbonyl (C=O) groups excluding carboxylic acids is 1. The Morgan fingerprint density at radius 3 is 1.41 bits per heavy atom. The fourth-order valence-corrected chi connectivity index (χ4v) is 0.402. The molecule has 0 radical (unpaired) electrons. The van der Waals surface area contributed by atoms with E-state index in [1.165, 1.54) is 0 Å². The van der Waals surface area contributed by atoms with Crippen molar-refractivity contribution >= 4 is 5.97 Å². The van der Waals surface area contributed by atoms with Crippen molar-refractivity contribution in [3.63, 3.8) is 0 Å². The van der Waals surface area contributed by atoms with Crippen molar-refractivity contribution in [2.24, 2.45) is 0 Å².